The fourth-order valence-electron chi connectivity index (χ4n) is 4.52. The SMILES string of the molecule is COc1ccc2c(c1)OC1(CCN(C[C@H](O)c3cc(C)sc3C)CC1)C[C@@H]2O. The molecule has 1 saturated heterocycles. The number of nitrogens with zero attached hydrogens (tertiary/aromatic N) is 1. The van der Waals surface area contributed by atoms with Crippen molar-refractivity contribution in [3.63, 3.8) is 0 Å². The number of ether oxygens (including phenoxy) is 2. The molecule has 2 aromatic rings. The number of fused-ring (bicyclic) bond motifs is 1. The Balaban J connectivity index is 1.41. The highest BCUT2D eigenvalue weighted by atomic mass is 32.1. The Morgan fingerprint density at radius 3 is 2.68 bits per heavy atom. The van der Waals surface area contributed by atoms with Gasteiger partial charge in [-0.3, -0.25) is 0 Å². The molecule has 0 saturated carbocycles. The van der Waals surface area contributed by atoms with Gasteiger partial charge in [0, 0.05) is 47.4 Å². The van der Waals surface area contributed by atoms with E-state index in [-0.39, 0.29) is 5.60 Å². The van der Waals surface area contributed by atoms with E-state index >= 15 is 0 Å². The molecule has 1 aromatic carbocycles. The summed E-state index contributed by atoms with van der Waals surface area (Å²) >= 11 is 1.74. The third kappa shape index (κ3) is 3.79. The van der Waals surface area contributed by atoms with E-state index in [1.807, 2.05) is 18.2 Å². The van der Waals surface area contributed by atoms with Crippen LogP contribution >= 0.6 is 11.3 Å². The van der Waals surface area contributed by atoms with Crippen LogP contribution in [-0.2, 0) is 0 Å². The highest BCUT2D eigenvalue weighted by molar-refractivity contribution is 7.12. The minimum atomic E-state index is -0.511. The molecule has 3 heterocycles. The molecule has 1 spiro atoms. The second-order valence-electron chi connectivity index (χ2n) is 8.09. The molecule has 152 valence electrons. The Morgan fingerprint density at radius 2 is 2.04 bits per heavy atom. The van der Waals surface area contributed by atoms with Crippen molar-refractivity contribution >= 4 is 11.3 Å². The van der Waals surface area contributed by atoms with Crippen LogP contribution in [-0.4, -0.2) is 47.5 Å². The number of β-amino-alcohol motifs (C(OH)–C–C–N with tert-alkyl or cyclic N) is 1. The maximum atomic E-state index is 10.7. The van der Waals surface area contributed by atoms with Crippen molar-refractivity contribution in [2.24, 2.45) is 0 Å². The Bertz CT molecular complexity index is 841. The normalized spacial score (nSPS) is 22.5. The van der Waals surface area contributed by atoms with Gasteiger partial charge in [-0.2, -0.15) is 0 Å². The van der Waals surface area contributed by atoms with Gasteiger partial charge in [0.15, 0.2) is 0 Å². The average molecular weight is 404 g/mol. The minimum Gasteiger partial charge on any atom is -0.497 e. The first-order valence-electron chi connectivity index (χ1n) is 9.91. The number of benzene rings is 1. The summed E-state index contributed by atoms with van der Waals surface area (Å²) < 4.78 is 11.7. The molecule has 1 fully saturated rings. The molecule has 0 bridgehead atoms. The van der Waals surface area contributed by atoms with E-state index in [0.29, 0.717) is 13.0 Å². The van der Waals surface area contributed by atoms with Crippen LogP contribution in [0.4, 0.5) is 0 Å². The van der Waals surface area contributed by atoms with E-state index < -0.39 is 12.2 Å². The zero-order valence-corrected chi connectivity index (χ0v) is 17.6. The van der Waals surface area contributed by atoms with Gasteiger partial charge in [-0.05, 0) is 50.5 Å². The quantitative estimate of drug-likeness (QED) is 0.814. The van der Waals surface area contributed by atoms with E-state index in [0.717, 1.165) is 48.6 Å². The van der Waals surface area contributed by atoms with E-state index in [9.17, 15) is 10.2 Å². The monoisotopic (exact) mass is 403 g/mol. The van der Waals surface area contributed by atoms with Crippen molar-refractivity contribution in [3.05, 3.63) is 45.1 Å². The first-order chi connectivity index (χ1) is 13.4. The van der Waals surface area contributed by atoms with Crippen molar-refractivity contribution in [3.8, 4) is 11.5 Å². The Morgan fingerprint density at radius 1 is 1.29 bits per heavy atom. The molecule has 2 aliphatic heterocycles. The van der Waals surface area contributed by atoms with E-state index in [1.54, 1.807) is 18.4 Å². The number of thiophene rings is 1. The van der Waals surface area contributed by atoms with Gasteiger partial charge in [-0.15, -0.1) is 11.3 Å². The average Bonchev–Trinajstić information content (AvgIpc) is 3.01. The molecule has 6 heteroatoms. The van der Waals surface area contributed by atoms with Gasteiger partial charge >= 0.3 is 0 Å². The molecular weight excluding hydrogens is 374 g/mol. The van der Waals surface area contributed by atoms with Gasteiger partial charge in [0.05, 0.1) is 19.3 Å². The number of hydrogen-bond donors (Lipinski definition) is 2. The first kappa shape index (κ1) is 19.7. The lowest BCUT2D eigenvalue weighted by atomic mass is 9.81. The lowest BCUT2D eigenvalue weighted by Gasteiger charge is -2.46. The number of hydrogen-bond acceptors (Lipinski definition) is 6. The molecular formula is C22H29NO4S. The lowest BCUT2D eigenvalue weighted by Crippen LogP contribution is -2.51. The van der Waals surface area contributed by atoms with Crippen LogP contribution < -0.4 is 9.47 Å². The molecule has 2 atom stereocenters. The maximum absolute atomic E-state index is 10.7. The van der Waals surface area contributed by atoms with Crippen molar-refractivity contribution < 1.29 is 19.7 Å². The van der Waals surface area contributed by atoms with Gasteiger partial charge in [-0.25, -0.2) is 0 Å². The van der Waals surface area contributed by atoms with Crippen molar-refractivity contribution in [1.29, 1.82) is 0 Å². The van der Waals surface area contributed by atoms with Crippen LogP contribution in [0.15, 0.2) is 24.3 Å². The Labute approximate surface area is 170 Å². The van der Waals surface area contributed by atoms with Crippen LogP contribution in [0.1, 0.15) is 52.4 Å². The number of aryl methyl sites for hydroxylation is 2. The summed E-state index contributed by atoms with van der Waals surface area (Å²) in [5, 5.41) is 21.3. The second-order valence-corrected chi connectivity index (χ2v) is 9.55. The molecule has 0 amide bonds. The topological polar surface area (TPSA) is 62.2 Å². The van der Waals surface area contributed by atoms with E-state index in [1.165, 1.54) is 9.75 Å². The van der Waals surface area contributed by atoms with Crippen LogP contribution in [0, 0.1) is 13.8 Å². The van der Waals surface area contributed by atoms with Crippen molar-refractivity contribution in [2.75, 3.05) is 26.7 Å². The zero-order valence-electron chi connectivity index (χ0n) is 16.8. The Kier molecular flexibility index (Phi) is 5.40. The van der Waals surface area contributed by atoms with Gasteiger partial charge in [0.1, 0.15) is 17.1 Å². The summed E-state index contributed by atoms with van der Waals surface area (Å²) in [6.45, 7) is 6.50. The maximum Gasteiger partial charge on any atom is 0.129 e. The summed E-state index contributed by atoms with van der Waals surface area (Å²) in [6, 6.07) is 7.72. The molecule has 0 unspecified atom stereocenters. The third-order valence-electron chi connectivity index (χ3n) is 6.11. The number of piperidine rings is 1. The summed E-state index contributed by atoms with van der Waals surface area (Å²) in [4.78, 5) is 4.74. The summed E-state index contributed by atoms with van der Waals surface area (Å²) in [5.41, 5.74) is 1.55. The molecule has 2 aliphatic rings. The first-order valence-corrected chi connectivity index (χ1v) is 10.7. The minimum absolute atomic E-state index is 0.338. The van der Waals surface area contributed by atoms with E-state index in [2.05, 4.69) is 24.8 Å². The summed E-state index contributed by atoms with van der Waals surface area (Å²) in [7, 11) is 1.64. The largest absolute Gasteiger partial charge is 0.497 e. The predicted octanol–water partition coefficient (Wildman–Crippen LogP) is 3.76. The molecule has 2 N–H and O–H groups in total. The van der Waals surface area contributed by atoms with Crippen molar-refractivity contribution in [2.45, 2.75) is 50.9 Å². The highest BCUT2D eigenvalue weighted by Gasteiger charge is 2.43. The molecule has 1 aromatic heterocycles. The Hall–Kier alpha value is -1.60. The smallest absolute Gasteiger partial charge is 0.129 e. The van der Waals surface area contributed by atoms with Crippen LogP contribution in [0.3, 0.4) is 0 Å². The number of aliphatic hydroxyl groups excluding tert-OH is 2. The lowest BCUT2D eigenvalue weighted by molar-refractivity contribution is -0.0588. The molecule has 5 nitrogen and oxygen atoms in total. The molecule has 4 rings (SSSR count). The summed E-state index contributed by atoms with van der Waals surface area (Å²) in [6.07, 6.45) is 1.33. The fourth-order valence-corrected chi connectivity index (χ4v) is 5.50. The van der Waals surface area contributed by atoms with Gasteiger partial charge in [0.2, 0.25) is 0 Å². The fraction of sp³-hybridized carbons (Fsp3) is 0.545. The van der Waals surface area contributed by atoms with Crippen molar-refractivity contribution in [1.82, 2.24) is 4.90 Å². The molecule has 28 heavy (non-hydrogen) atoms. The second kappa shape index (κ2) is 7.67. The van der Waals surface area contributed by atoms with Gasteiger partial charge < -0.3 is 24.6 Å². The summed E-state index contributed by atoms with van der Waals surface area (Å²) in [5.74, 6) is 1.47. The predicted molar refractivity (Wildman–Crippen MR) is 110 cm³/mol. The van der Waals surface area contributed by atoms with Gasteiger partial charge in [0.25, 0.3) is 0 Å². The van der Waals surface area contributed by atoms with E-state index in [4.69, 9.17) is 9.47 Å². The van der Waals surface area contributed by atoms with Gasteiger partial charge in [-0.1, -0.05) is 0 Å². The number of aliphatic hydroxyl groups is 2. The number of likely N-dealkylation sites (tertiary alicyclic amines) is 1. The van der Waals surface area contributed by atoms with Crippen LogP contribution in [0.25, 0.3) is 0 Å². The standard InChI is InChI=1S/C22H29NO4S/c1-14-10-18(15(2)28-14)20(25)13-23-8-6-22(7-9-23)12-19(24)17-5-4-16(26-3)11-21(17)27-22/h4-5,10-11,19-20,24-25H,6-9,12-13H2,1-3H3/t19-,20-/m0/s1. The zero-order chi connectivity index (χ0) is 19.9. The molecule has 0 aliphatic carbocycles. The highest BCUT2D eigenvalue weighted by Crippen LogP contribution is 2.45. The number of methoxy groups -OCH3 is 1. The third-order valence-corrected chi connectivity index (χ3v) is 7.09. The molecule has 0 radical (unpaired) electrons. The van der Waals surface area contributed by atoms with Crippen LogP contribution in [0.5, 0.6) is 11.5 Å². The van der Waals surface area contributed by atoms with Crippen LogP contribution in [0.2, 0.25) is 0 Å². The number of rotatable bonds is 4.